The highest BCUT2D eigenvalue weighted by atomic mass is 35.5. The molecule has 1 aromatic rings. The van der Waals surface area contributed by atoms with Crippen molar-refractivity contribution in [2.24, 2.45) is 5.73 Å². The van der Waals surface area contributed by atoms with Crippen molar-refractivity contribution < 1.29 is 4.79 Å². The van der Waals surface area contributed by atoms with E-state index in [1.807, 2.05) is 6.07 Å². The molecule has 0 spiro atoms. The number of carbonyl (C=O) groups excluding carboxylic acids is 1. The Morgan fingerprint density at radius 3 is 2.85 bits per heavy atom. The molecule has 2 atom stereocenters. The highest BCUT2D eigenvalue weighted by molar-refractivity contribution is 6.33. The lowest BCUT2D eigenvalue weighted by Gasteiger charge is -2.32. The first-order chi connectivity index (χ1) is 9.66. The summed E-state index contributed by atoms with van der Waals surface area (Å²) in [6.07, 6.45) is 4.88. The first-order valence-corrected chi connectivity index (χ1v) is 7.64. The molecule has 2 saturated heterocycles. The summed E-state index contributed by atoms with van der Waals surface area (Å²) >= 11 is 6.36. The number of primary amides is 1. The summed E-state index contributed by atoms with van der Waals surface area (Å²) in [6, 6.07) is 6.44. The number of hydrogen-bond donors (Lipinski definition) is 2. The van der Waals surface area contributed by atoms with E-state index in [-0.39, 0.29) is 0 Å². The van der Waals surface area contributed by atoms with E-state index in [0.29, 0.717) is 22.7 Å². The first-order valence-electron chi connectivity index (χ1n) is 7.26. The van der Waals surface area contributed by atoms with Crippen molar-refractivity contribution in [3.8, 4) is 0 Å². The largest absolute Gasteiger partial charge is 0.366 e. The van der Waals surface area contributed by atoms with Gasteiger partial charge in [0.1, 0.15) is 0 Å². The maximum Gasteiger partial charge on any atom is 0.248 e. The Morgan fingerprint density at radius 1 is 1.35 bits per heavy atom. The maximum absolute atomic E-state index is 11.2. The van der Waals surface area contributed by atoms with Crippen molar-refractivity contribution in [3.05, 3.63) is 28.8 Å². The number of hydrogen-bond acceptors (Lipinski definition) is 3. The second-order valence-corrected chi connectivity index (χ2v) is 6.04. The van der Waals surface area contributed by atoms with Crippen LogP contribution in [0.4, 0.5) is 5.69 Å². The number of rotatable bonds is 3. The van der Waals surface area contributed by atoms with Gasteiger partial charge >= 0.3 is 0 Å². The molecule has 3 N–H and O–H groups in total. The van der Waals surface area contributed by atoms with Gasteiger partial charge in [-0.2, -0.15) is 0 Å². The van der Waals surface area contributed by atoms with Crippen LogP contribution in [0.15, 0.2) is 18.2 Å². The fourth-order valence-electron chi connectivity index (χ4n) is 3.44. The Hall–Kier alpha value is -1.26. The summed E-state index contributed by atoms with van der Waals surface area (Å²) in [6.45, 7) is 2.14. The summed E-state index contributed by atoms with van der Waals surface area (Å²) < 4.78 is 0. The van der Waals surface area contributed by atoms with Gasteiger partial charge in [0.2, 0.25) is 5.91 Å². The molecule has 2 aliphatic rings. The van der Waals surface area contributed by atoms with Crippen molar-refractivity contribution >= 4 is 23.2 Å². The van der Waals surface area contributed by atoms with Gasteiger partial charge in [0, 0.05) is 24.2 Å². The summed E-state index contributed by atoms with van der Waals surface area (Å²) in [5.41, 5.74) is 6.78. The Labute approximate surface area is 124 Å². The lowest BCUT2D eigenvalue weighted by atomic mass is 10.0. The van der Waals surface area contributed by atoms with Crippen LogP contribution in [0.3, 0.4) is 0 Å². The van der Waals surface area contributed by atoms with Gasteiger partial charge < -0.3 is 16.0 Å². The van der Waals surface area contributed by atoms with Gasteiger partial charge in [0.15, 0.2) is 0 Å². The van der Waals surface area contributed by atoms with Crippen molar-refractivity contribution in [3.63, 3.8) is 0 Å². The van der Waals surface area contributed by atoms with E-state index in [1.54, 1.807) is 12.1 Å². The second kappa shape index (κ2) is 5.62. The van der Waals surface area contributed by atoms with Crippen LogP contribution in [0.25, 0.3) is 0 Å². The predicted octanol–water partition coefficient (Wildman–Crippen LogP) is 2.16. The highest BCUT2D eigenvalue weighted by Gasteiger charge is 2.34. The van der Waals surface area contributed by atoms with Gasteiger partial charge in [-0.15, -0.1) is 0 Å². The number of carbonyl (C=O) groups is 1. The third kappa shape index (κ3) is 2.50. The van der Waals surface area contributed by atoms with Gasteiger partial charge in [-0.1, -0.05) is 11.6 Å². The molecule has 3 rings (SSSR count). The molecule has 1 aromatic carbocycles. The minimum Gasteiger partial charge on any atom is -0.366 e. The zero-order valence-electron chi connectivity index (χ0n) is 11.4. The van der Waals surface area contributed by atoms with Crippen LogP contribution in [0.2, 0.25) is 5.02 Å². The fourth-order valence-corrected chi connectivity index (χ4v) is 3.73. The van der Waals surface area contributed by atoms with Crippen LogP contribution in [0, 0.1) is 0 Å². The number of benzene rings is 1. The third-order valence-corrected chi connectivity index (χ3v) is 4.71. The van der Waals surface area contributed by atoms with Gasteiger partial charge in [-0.3, -0.25) is 4.79 Å². The van der Waals surface area contributed by atoms with Crippen LogP contribution in [-0.4, -0.2) is 31.1 Å². The number of halogens is 1. The molecule has 0 radical (unpaired) electrons. The monoisotopic (exact) mass is 293 g/mol. The molecule has 0 saturated carbocycles. The van der Waals surface area contributed by atoms with Crippen molar-refractivity contribution in [2.45, 2.75) is 37.8 Å². The van der Waals surface area contributed by atoms with Crippen LogP contribution < -0.4 is 16.0 Å². The molecule has 2 unspecified atom stereocenters. The fraction of sp³-hybridized carbons (Fsp3) is 0.533. The maximum atomic E-state index is 11.2. The summed E-state index contributed by atoms with van der Waals surface area (Å²) in [5, 5.41) is 4.21. The molecule has 0 bridgehead atoms. The minimum absolute atomic E-state index is 0.436. The topological polar surface area (TPSA) is 58.4 Å². The Balaban J connectivity index is 1.85. The van der Waals surface area contributed by atoms with Gasteiger partial charge in [-0.05, 0) is 50.4 Å². The molecule has 5 heteroatoms. The average Bonchev–Trinajstić information content (AvgIpc) is 3.09. The molecule has 108 valence electrons. The SMILES string of the molecule is NC(=O)c1ccc(N2CCCC2C2CCCN2)c(Cl)c1. The van der Waals surface area contributed by atoms with E-state index < -0.39 is 5.91 Å². The lowest BCUT2D eigenvalue weighted by molar-refractivity contribution is 0.100. The first kappa shape index (κ1) is 13.7. The molecule has 1 amide bonds. The quantitative estimate of drug-likeness (QED) is 0.898. The number of amides is 1. The standard InChI is InChI=1S/C15H20ClN3O/c16-11-9-10(15(17)20)5-6-13(11)19-8-2-4-14(19)12-3-1-7-18-12/h5-6,9,12,14,18H,1-4,7-8H2,(H2,17,20). The molecular weight excluding hydrogens is 274 g/mol. The van der Waals surface area contributed by atoms with Crippen molar-refractivity contribution in [1.82, 2.24) is 5.32 Å². The molecule has 2 heterocycles. The third-order valence-electron chi connectivity index (χ3n) is 4.40. The van der Waals surface area contributed by atoms with Gasteiger partial charge in [0.05, 0.1) is 10.7 Å². The molecule has 2 fully saturated rings. The zero-order valence-corrected chi connectivity index (χ0v) is 12.2. The highest BCUT2D eigenvalue weighted by Crippen LogP contribution is 2.35. The van der Waals surface area contributed by atoms with E-state index in [9.17, 15) is 4.79 Å². The number of nitrogens with zero attached hydrogens (tertiary/aromatic N) is 1. The van der Waals surface area contributed by atoms with E-state index in [4.69, 9.17) is 17.3 Å². The second-order valence-electron chi connectivity index (χ2n) is 5.64. The van der Waals surface area contributed by atoms with E-state index in [2.05, 4.69) is 10.2 Å². The van der Waals surface area contributed by atoms with Gasteiger partial charge in [-0.25, -0.2) is 0 Å². The van der Waals surface area contributed by atoms with Crippen LogP contribution >= 0.6 is 11.6 Å². The Kier molecular flexibility index (Phi) is 3.85. The molecule has 0 aromatic heterocycles. The molecule has 4 nitrogen and oxygen atoms in total. The Bertz CT molecular complexity index is 514. The summed E-state index contributed by atoms with van der Waals surface area (Å²) in [4.78, 5) is 13.6. The molecule has 2 aliphatic heterocycles. The summed E-state index contributed by atoms with van der Waals surface area (Å²) in [7, 11) is 0. The smallest absolute Gasteiger partial charge is 0.248 e. The van der Waals surface area contributed by atoms with E-state index in [1.165, 1.54) is 25.7 Å². The average molecular weight is 294 g/mol. The van der Waals surface area contributed by atoms with Crippen LogP contribution in [0.1, 0.15) is 36.0 Å². The number of anilines is 1. The van der Waals surface area contributed by atoms with Crippen LogP contribution in [0.5, 0.6) is 0 Å². The zero-order chi connectivity index (χ0) is 14.1. The van der Waals surface area contributed by atoms with Crippen molar-refractivity contribution in [2.75, 3.05) is 18.0 Å². The minimum atomic E-state index is -0.436. The Morgan fingerprint density at radius 2 is 2.20 bits per heavy atom. The van der Waals surface area contributed by atoms with Crippen molar-refractivity contribution in [1.29, 1.82) is 0 Å². The normalized spacial score (nSPS) is 26.1. The molecular formula is C15H20ClN3O. The number of nitrogens with two attached hydrogens (primary N) is 1. The molecule has 20 heavy (non-hydrogen) atoms. The van der Waals surface area contributed by atoms with Gasteiger partial charge in [0.25, 0.3) is 0 Å². The van der Waals surface area contributed by atoms with E-state index in [0.717, 1.165) is 18.8 Å². The van der Waals surface area contributed by atoms with E-state index >= 15 is 0 Å². The lowest BCUT2D eigenvalue weighted by Crippen LogP contribution is -2.44. The van der Waals surface area contributed by atoms with Crippen LogP contribution in [-0.2, 0) is 0 Å². The molecule has 0 aliphatic carbocycles. The number of nitrogens with one attached hydrogen (secondary N) is 1. The predicted molar refractivity (Wildman–Crippen MR) is 81.4 cm³/mol. The summed E-state index contributed by atoms with van der Waals surface area (Å²) in [5.74, 6) is -0.436.